The van der Waals surface area contributed by atoms with Crippen molar-refractivity contribution in [2.45, 2.75) is 18.9 Å². The largest absolute Gasteiger partial charge is 0.497 e. The van der Waals surface area contributed by atoms with Crippen LogP contribution in [-0.4, -0.2) is 19.3 Å². The van der Waals surface area contributed by atoms with Crippen LogP contribution < -0.4 is 9.47 Å². The fraction of sp³-hybridized carbons (Fsp3) is 0.294. The maximum Gasteiger partial charge on any atom is 0.125 e. The maximum absolute atomic E-state index is 10.8. The molecule has 0 aliphatic heterocycles. The predicted molar refractivity (Wildman–Crippen MR) is 84.3 cm³/mol. The molecule has 2 aromatic rings. The molecule has 2 rings (SSSR count). The molecule has 0 saturated heterocycles. The Labute approximate surface area is 130 Å². The highest BCUT2D eigenvalue weighted by atomic mass is 35.5. The van der Waals surface area contributed by atoms with Crippen molar-refractivity contribution in [1.29, 1.82) is 0 Å². The molecule has 21 heavy (non-hydrogen) atoms. The van der Waals surface area contributed by atoms with E-state index in [1.54, 1.807) is 39.3 Å². The van der Waals surface area contributed by atoms with Crippen LogP contribution in [0.5, 0.6) is 11.5 Å². The number of benzene rings is 2. The lowest BCUT2D eigenvalue weighted by Crippen LogP contribution is -2.25. The van der Waals surface area contributed by atoms with Gasteiger partial charge in [0.05, 0.1) is 19.8 Å². The third-order valence-corrected chi connectivity index (χ3v) is 3.68. The molecule has 0 aliphatic carbocycles. The van der Waals surface area contributed by atoms with Gasteiger partial charge in [0.1, 0.15) is 11.5 Å². The van der Waals surface area contributed by atoms with E-state index in [9.17, 15) is 5.11 Å². The van der Waals surface area contributed by atoms with E-state index in [4.69, 9.17) is 21.1 Å². The van der Waals surface area contributed by atoms with Crippen molar-refractivity contribution < 1.29 is 14.6 Å². The van der Waals surface area contributed by atoms with Crippen LogP contribution in [0.25, 0.3) is 0 Å². The normalized spacial score (nSPS) is 13.6. The molecule has 4 heteroatoms. The summed E-state index contributed by atoms with van der Waals surface area (Å²) >= 11 is 6.04. The fourth-order valence-corrected chi connectivity index (χ4v) is 2.51. The zero-order chi connectivity index (χ0) is 15.5. The van der Waals surface area contributed by atoms with Crippen LogP contribution in [0.15, 0.2) is 42.5 Å². The van der Waals surface area contributed by atoms with Crippen LogP contribution in [0, 0.1) is 0 Å². The van der Waals surface area contributed by atoms with Crippen molar-refractivity contribution in [2.75, 3.05) is 14.2 Å². The third kappa shape index (κ3) is 3.69. The molecule has 0 amide bonds. The minimum atomic E-state index is -1.08. The first-order valence-electron chi connectivity index (χ1n) is 6.65. The van der Waals surface area contributed by atoms with Gasteiger partial charge in [-0.05, 0) is 42.8 Å². The smallest absolute Gasteiger partial charge is 0.125 e. The highest BCUT2D eigenvalue weighted by Gasteiger charge is 2.27. The molecule has 2 aromatic carbocycles. The summed E-state index contributed by atoms with van der Waals surface area (Å²) in [7, 11) is 3.21. The van der Waals surface area contributed by atoms with Gasteiger partial charge in [0, 0.05) is 17.0 Å². The van der Waals surface area contributed by atoms with Crippen molar-refractivity contribution in [3.05, 3.63) is 58.6 Å². The second-order valence-electron chi connectivity index (χ2n) is 5.14. The summed E-state index contributed by atoms with van der Waals surface area (Å²) in [6.07, 6.45) is 0.452. The van der Waals surface area contributed by atoms with E-state index in [1.165, 1.54) is 0 Å². The monoisotopic (exact) mass is 306 g/mol. The Morgan fingerprint density at radius 2 is 1.71 bits per heavy atom. The molecule has 0 heterocycles. The molecule has 1 N–H and O–H groups in total. The molecule has 0 spiro atoms. The summed E-state index contributed by atoms with van der Waals surface area (Å²) in [5, 5.41) is 11.4. The Hall–Kier alpha value is -1.71. The second-order valence-corrected chi connectivity index (χ2v) is 5.58. The Bertz CT molecular complexity index is 606. The zero-order valence-electron chi connectivity index (χ0n) is 12.4. The van der Waals surface area contributed by atoms with Gasteiger partial charge in [-0.15, -0.1) is 0 Å². The Balaban J connectivity index is 2.30. The summed E-state index contributed by atoms with van der Waals surface area (Å²) < 4.78 is 10.5. The molecule has 0 aliphatic rings. The molecule has 1 atom stereocenters. The molecule has 0 saturated carbocycles. The first kappa shape index (κ1) is 15.7. The topological polar surface area (TPSA) is 38.7 Å². The van der Waals surface area contributed by atoms with Crippen LogP contribution in [0.4, 0.5) is 0 Å². The summed E-state index contributed by atoms with van der Waals surface area (Å²) in [6.45, 7) is 1.76. The van der Waals surface area contributed by atoms with E-state index in [1.807, 2.05) is 24.3 Å². The van der Waals surface area contributed by atoms with Gasteiger partial charge in [-0.3, -0.25) is 0 Å². The van der Waals surface area contributed by atoms with Gasteiger partial charge in [-0.1, -0.05) is 23.7 Å². The van der Waals surface area contributed by atoms with E-state index >= 15 is 0 Å². The zero-order valence-corrected chi connectivity index (χ0v) is 13.1. The molecular weight excluding hydrogens is 288 g/mol. The van der Waals surface area contributed by atoms with Crippen molar-refractivity contribution in [3.8, 4) is 11.5 Å². The summed E-state index contributed by atoms with van der Waals surface area (Å²) in [5.74, 6) is 1.41. The lowest BCUT2D eigenvalue weighted by molar-refractivity contribution is 0.0549. The standard InChI is InChI=1S/C17H19ClO3/c1-17(19,11-12-4-7-14(20-2)8-5-12)15-10-13(18)6-9-16(15)21-3/h4-10,19H,11H2,1-3H3. The number of aliphatic hydroxyl groups is 1. The lowest BCUT2D eigenvalue weighted by atomic mass is 9.88. The maximum atomic E-state index is 10.8. The Kier molecular flexibility index (Phi) is 4.76. The molecule has 0 fully saturated rings. The molecule has 0 aromatic heterocycles. The second kappa shape index (κ2) is 6.37. The lowest BCUT2D eigenvalue weighted by Gasteiger charge is -2.26. The van der Waals surface area contributed by atoms with E-state index < -0.39 is 5.60 Å². The molecule has 3 nitrogen and oxygen atoms in total. The Morgan fingerprint density at radius 1 is 1.05 bits per heavy atom. The molecule has 0 bridgehead atoms. The fourth-order valence-electron chi connectivity index (χ4n) is 2.34. The highest BCUT2D eigenvalue weighted by Crippen LogP contribution is 2.34. The summed E-state index contributed by atoms with van der Waals surface area (Å²) in [5.41, 5.74) is 0.598. The van der Waals surface area contributed by atoms with Gasteiger partial charge in [-0.2, -0.15) is 0 Å². The number of rotatable bonds is 5. The number of hydrogen-bond acceptors (Lipinski definition) is 3. The van der Waals surface area contributed by atoms with E-state index in [-0.39, 0.29) is 0 Å². The molecular formula is C17H19ClO3. The van der Waals surface area contributed by atoms with Crippen LogP contribution in [0.2, 0.25) is 5.02 Å². The third-order valence-electron chi connectivity index (χ3n) is 3.45. The minimum absolute atomic E-state index is 0.452. The molecule has 0 radical (unpaired) electrons. The minimum Gasteiger partial charge on any atom is -0.497 e. The number of halogens is 1. The first-order chi connectivity index (χ1) is 9.96. The highest BCUT2D eigenvalue weighted by molar-refractivity contribution is 6.30. The van der Waals surface area contributed by atoms with Gasteiger partial charge in [-0.25, -0.2) is 0 Å². The van der Waals surface area contributed by atoms with Crippen molar-refractivity contribution in [2.24, 2.45) is 0 Å². The van der Waals surface area contributed by atoms with Gasteiger partial charge < -0.3 is 14.6 Å². The quantitative estimate of drug-likeness (QED) is 0.913. The van der Waals surface area contributed by atoms with Gasteiger partial charge in [0.15, 0.2) is 0 Å². The van der Waals surface area contributed by atoms with E-state index in [0.717, 1.165) is 11.3 Å². The number of ether oxygens (including phenoxy) is 2. The number of methoxy groups -OCH3 is 2. The van der Waals surface area contributed by atoms with Gasteiger partial charge in [0.2, 0.25) is 0 Å². The van der Waals surface area contributed by atoms with Gasteiger partial charge in [0.25, 0.3) is 0 Å². The van der Waals surface area contributed by atoms with Crippen LogP contribution in [0.1, 0.15) is 18.1 Å². The van der Waals surface area contributed by atoms with Crippen LogP contribution in [-0.2, 0) is 12.0 Å². The van der Waals surface area contributed by atoms with E-state index in [0.29, 0.717) is 22.8 Å². The van der Waals surface area contributed by atoms with Crippen molar-refractivity contribution >= 4 is 11.6 Å². The SMILES string of the molecule is COc1ccc(CC(C)(O)c2cc(Cl)ccc2OC)cc1. The Morgan fingerprint density at radius 3 is 2.29 bits per heavy atom. The average Bonchev–Trinajstić information content (AvgIpc) is 2.47. The molecule has 1 unspecified atom stereocenters. The van der Waals surface area contributed by atoms with Crippen LogP contribution >= 0.6 is 11.6 Å². The summed E-state index contributed by atoms with van der Waals surface area (Å²) in [4.78, 5) is 0. The first-order valence-corrected chi connectivity index (χ1v) is 7.03. The summed E-state index contributed by atoms with van der Waals surface area (Å²) in [6, 6.07) is 12.9. The van der Waals surface area contributed by atoms with Crippen molar-refractivity contribution in [1.82, 2.24) is 0 Å². The van der Waals surface area contributed by atoms with Crippen molar-refractivity contribution in [3.63, 3.8) is 0 Å². The van der Waals surface area contributed by atoms with Gasteiger partial charge >= 0.3 is 0 Å². The number of hydrogen-bond donors (Lipinski definition) is 1. The van der Waals surface area contributed by atoms with Crippen LogP contribution in [0.3, 0.4) is 0 Å². The predicted octanol–water partition coefficient (Wildman–Crippen LogP) is 3.81. The average molecular weight is 307 g/mol. The van der Waals surface area contributed by atoms with E-state index in [2.05, 4.69) is 0 Å². The molecule has 112 valence electrons.